The maximum Gasteiger partial charge on any atom is 0.0773 e. The summed E-state index contributed by atoms with van der Waals surface area (Å²) >= 11 is 3.60. The normalized spacial score (nSPS) is 26.0. The number of aliphatic imine (C=N–C) groups is 2. The Morgan fingerprint density at radius 3 is 2.85 bits per heavy atom. The van der Waals surface area contributed by atoms with Crippen molar-refractivity contribution in [1.29, 1.82) is 0 Å². The van der Waals surface area contributed by atoms with Crippen molar-refractivity contribution in [2.45, 2.75) is 19.9 Å². The molecule has 0 N–H and O–H groups in total. The summed E-state index contributed by atoms with van der Waals surface area (Å²) in [6.07, 6.45) is 2.07. The highest BCUT2D eigenvalue weighted by atomic mass is 32.2. The summed E-state index contributed by atoms with van der Waals surface area (Å²) in [7, 11) is 1.85. The molecule has 4 heteroatoms. The zero-order chi connectivity index (χ0) is 9.84. The molecule has 2 atom stereocenters. The van der Waals surface area contributed by atoms with E-state index in [1.807, 2.05) is 18.8 Å². The van der Waals surface area contributed by atoms with Gasteiger partial charge in [-0.3, -0.25) is 9.98 Å². The van der Waals surface area contributed by atoms with E-state index in [-0.39, 0.29) is 0 Å². The minimum atomic E-state index is 0.398. The van der Waals surface area contributed by atoms with Crippen LogP contribution in [0.2, 0.25) is 0 Å². The second-order valence-electron chi connectivity index (χ2n) is 3.12. The molecule has 2 unspecified atom stereocenters. The predicted molar refractivity (Wildman–Crippen MR) is 65.4 cm³/mol. The largest absolute Gasteiger partial charge is 0.286 e. The minimum absolute atomic E-state index is 0.398. The average molecular weight is 216 g/mol. The van der Waals surface area contributed by atoms with Crippen LogP contribution in [0, 0.1) is 5.92 Å². The lowest BCUT2D eigenvalue weighted by molar-refractivity contribution is 0.857. The summed E-state index contributed by atoms with van der Waals surface area (Å²) < 4.78 is 0. The van der Waals surface area contributed by atoms with E-state index in [0.717, 1.165) is 5.75 Å². The van der Waals surface area contributed by atoms with E-state index in [1.54, 1.807) is 11.8 Å². The van der Waals surface area contributed by atoms with Crippen LogP contribution in [0.4, 0.5) is 0 Å². The second-order valence-corrected chi connectivity index (χ2v) is 4.98. The number of nitrogens with zero attached hydrogens (tertiary/aromatic N) is 2. The Bertz CT molecular complexity index is 236. The van der Waals surface area contributed by atoms with Crippen molar-refractivity contribution < 1.29 is 0 Å². The third-order valence-electron chi connectivity index (χ3n) is 1.99. The summed E-state index contributed by atoms with van der Waals surface area (Å²) in [4.78, 5) is 8.85. The first-order valence-electron chi connectivity index (χ1n) is 4.40. The zero-order valence-electron chi connectivity index (χ0n) is 8.57. The molecule has 0 aromatic rings. The molecule has 0 amide bonds. The molecular weight excluding hydrogens is 200 g/mol. The maximum absolute atomic E-state index is 4.59. The van der Waals surface area contributed by atoms with Gasteiger partial charge in [0.2, 0.25) is 0 Å². The molecule has 1 rings (SSSR count). The lowest BCUT2D eigenvalue weighted by Crippen LogP contribution is -2.14. The summed E-state index contributed by atoms with van der Waals surface area (Å²) in [5.74, 6) is 1.53. The highest BCUT2D eigenvalue weighted by molar-refractivity contribution is 8.16. The Kier molecular flexibility index (Phi) is 4.32. The lowest BCUT2D eigenvalue weighted by Gasteiger charge is -2.11. The first-order valence-corrected chi connectivity index (χ1v) is 6.61. The van der Waals surface area contributed by atoms with Crippen LogP contribution in [0.5, 0.6) is 0 Å². The summed E-state index contributed by atoms with van der Waals surface area (Å²) in [5, 5.41) is 2.43. The topological polar surface area (TPSA) is 24.7 Å². The SMILES string of the molecule is CN=C(SC)C(C)C1=NC(C)CS1. The third-order valence-corrected chi connectivity index (χ3v) is 4.35. The van der Waals surface area contributed by atoms with Crippen LogP contribution in [0.1, 0.15) is 13.8 Å². The smallest absolute Gasteiger partial charge is 0.0773 e. The van der Waals surface area contributed by atoms with Crippen molar-refractivity contribution in [1.82, 2.24) is 0 Å². The molecule has 0 radical (unpaired) electrons. The summed E-state index contributed by atoms with van der Waals surface area (Å²) in [5.41, 5.74) is 0. The Labute approximate surface area is 88.7 Å². The van der Waals surface area contributed by atoms with Crippen molar-refractivity contribution >= 4 is 33.6 Å². The molecule has 0 saturated carbocycles. The molecule has 1 aliphatic heterocycles. The van der Waals surface area contributed by atoms with Gasteiger partial charge < -0.3 is 0 Å². The van der Waals surface area contributed by atoms with Gasteiger partial charge in [0, 0.05) is 12.8 Å². The molecular formula is C9H16N2S2. The molecule has 13 heavy (non-hydrogen) atoms. The highest BCUT2D eigenvalue weighted by Gasteiger charge is 2.22. The molecule has 0 bridgehead atoms. The molecule has 0 spiro atoms. The van der Waals surface area contributed by atoms with Gasteiger partial charge in [-0.2, -0.15) is 0 Å². The van der Waals surface area contributed by atoms with E-state index in [9.17, 15) is 0 Å². The van der Waals surface area contributed by atoms with Gasteiger partial charge in [-0.25, -0.2) is 0 Å². The fourth-order valence-electron chi connectivity index (χ4n) is 1.30. The first kappa shape index (κ1) is 11.1. The molecule has 0 saturated heterocycles. The molecule has 74 valence electrons. The third kappa shape index (κ3) is 2.74. The Balaban J connectivity index is 2.67. The van der Waals surface area contributed by atoms with Gasteiger partial charge in [0.15, 0.2) is 0 Å². The minimum Gasteiger partial charge on any atom is -0.286 e. The second kappa shape index (κ2) is 5.05. The van der Waals surface area contributed by atoms with Crippen LogP contribution in [0.3, 0.4) is 0 Å². The van der Waals surface area contributed by atoms with Gasteiger partial charge in [-0.15, -0.1) is 23.5 Å². The van der Waals surface area contributed by atoms with Crippen molar-refractivity contribution in [2.24, 2.45) is 15.9 Å². The van der Waals surface area contributed by atoms with Crippen LogP contribution in [0.15, 0.2) is 9.98 Å². The fourth-order valence-corrected chi connectivity index (χ4v) is 3.13. The van der Waals surface area contributed by atoms with E-state index < -0.39 is 0 Å². The average Bonchev–Trinajstić information content (AvgIpc) is 2.54. The van der Waals surface area contributed by atoms with E-state index >= 15 is 0 Å². The number of hydrogen-bond acceptors (Lipinski definition) is 4. The first-order chi connectivity index (χ1) is 6.19. The Morgan fingerprint density at radius 2 is 2.46 bits per heavy atom. The Hall–Kier alpha value is 0.0400. The van der Waals surface area contributed by atoms with E-state index in [1.165, 1.54) is 10.1 Å². The van der Waals surface area contributed by atoms with Crippen LogP contribution < -0.4 is 0 Å². The van der Waals surface area contributed by atoms with Gasteiger partial charge >= 0.3 is 0 Å². The van der Waals surface area contributed by atoms with Gasteiger partial charge in [0.25, 0.3) is 0 Å². The van der Waals surface area contributed by atoms with Gasteiger partial charge in [-0.1, -0.05) is 6.92 Å². The van der Waals surface area contributed by atoms with E-state index in [4.69, 9.17) is 0 Å². The molecule has 1 aliphatic rings. The summed E-state index contributed by atoms with van der Waals surface area (Å²) in [6.45, 7) is 4.34. The van der Waals surface area contributed by atoms with Crippen LogP contribution >= 0.6 is 23.5 Å². The van der Waals surface area contributed by atoms with E-state index in [0.29, 0.717) is 12.0 Å². The van der Waals surface area contributed by atoms with Gasteiger partial charge in [-0.05, 0) is 13.2 Å². The zero-order valence-corrected chi connectivity index (χ0v) is 10.2. The van der Waals surface area contributed by atoms with Crippen molar-refractivity contribution in [2.75, 3.05) is 19.1 Å². The lowest BCUT2D eigenvalue weighted by atomic mass is 10.2. The van der Waals surface area contributed by atoms with Crippen LogP contribution in [-0.2, 0) is 0 Å². The molecule has 2 nitrogen and oxygen atoms in total. The van der Waals surface area contributed by atoms with Gasteiger partial charge in [0.05, 0.1) is 22.0 Å². The fraction of sp³-hybridized carbons (Fsp3) is 0.778. The van der Waals surface area contributed by atoms with Crippen molar-refractivity contribution in [3.05, 3.63) is 0 Å². The highest BCUT2D eigenvalue weighted by Crippen LogP contribution is 2.26. The molecule has 1 heterocycles. The monoisotopic (exact) mass is 216 g/mol. The van der Waals surface area contributed by atoms with Crippen LogP contribution in [-0.4, -0.2) is 35.2 Å². The maximum atomic E-state index is 4.59. The van der Waals surface area contributed by atoms with Gasteiger partial charge in [0.1, 0.15) is 0 Å². The standard InChI is InChI=1S/C9H16N2S2/c1-6-5-13-9(11-6)7(2)8(10-3)12-4/h6-7H,5H2,1-4H3. The predicted octanol–water partition coefficient (Wildman–Crippen LogP) is 2.55. The Morgan fingerprint density at radius 1 is 1.77 bits per heavy atom. The number of hydrogen-bond donors (Lipinski definition) is 0. The van der Waals surface area contributed by atoms with Crippen molar-refractivity contribution in [3.8, 4) is 0 Å². The quantitative estimate of drug-likeness (QED) is 0.523. The summed E-state index contributed by atoms with van der Waals surface area (Å²) in [6, 6.07) is 0.488. The molecule has 0 fully saturated rings. The van der Waals surface area contributed by atoms with E-state index in [2.05, 4.69) is 30.1 Å². The number of rotatable bonds is 2. The molecule has 0 aliphatic carbocycles. The van der Waals surface area contributed by atoms with Crippen molar-refractivity contribution in [3.63, 3.8) is 0 Å². The number of thioether (sulfide) groups is 2. The molecule has 0 aromatic heterocycles. The van der Waals surface area contributed by atoms with Crippen LogP contribution in [0.25, 0.3) is 0 Å². The molecule has 0 aromatic carbocycles.